The molecule has 0 radical (unpaired) electrons. The molecule has 3 aliphatic rings. The molecular formula is C25H31N3O2. The second-order valence-electron chi connectivity index (χ2n) is 8.90. The molecule has 2 aromatic rings. The maximum atomic E-state index is 12.4. The average Bonchev–Trinajstić information content (AvgIpc) is 3.30. The molecule has 0 aromatic heterocycles. The highest BCUT2D eigenvalue weighted by Gasteiger charge is 2.40. The number of piperidine rings is 1. The smallest absolute Gasteiger partial charge is 0.315 e. The zero-order valence-corrected chi connectivity index (χ0v) is 17.5. The van der Waals surface area contributed by atoms with E-state index < -0.39 is 0 Å². The Morgan fingerprint density at radius 2 is 1.83 bits per heavy atom. The minimum atomic E-state index is -0.0274. The van der Waals surface area contributed by atoms with Crippen LogP contribution in [0, 0.1) is 0 Å². The molecule has 5 heteroatoms. The summed E-state index contributed by atoms with van der Waals surface area (Å²) >= 11 is 0. The monoisotopic (exact) mass is 405 g/mol. The molecule has 30 heavy (non-hydrogen) atoms. The Balaban J connectivity index is 1.07. The Labute approximate surface area is 178 Å². The highest BCUT2D eigenvalue weighted by Crippen LogP contribution is 2.36. The van der Waals surface area contributed by atoms with Crippen LogP contribution in [0.25, 0.3) is 0 Å². The van der Waals surface area contributed by atoms with E-state index in [4.69, 9.17) is 4.74 Å². The Morgan fingerprint density at radius 3 is 2.63 bits per heavy atom. The van der Waals surface area contributed by atoms with Crippen molar-refractivity contribution in [1.82, 2.24) is 15.5 Å². The number of hydrogen-bond acceptors (Lipinski definition) is 3. The maximum Gasteiger partial charge on any atom is 0.315 e. The molecule has 3 aliphatic heterocycles. The van der Waals surface area contributed by atoms with E-state index in [0.717, 1.165) is 44.6 Å². The SMILES string of the molecule is O=C(NCCc1ccc2c(c1)CCO2)NC1CC2CCC(C1)N2Cc1ccccc1. The second-order valence-corrected chi connectivity index (χ2v) is 8.90. The molecule has 2 atom stereocenters. The topological polar surface area (TPSA) is 53.6 Å². The summed E-state index contributed by atoms with van der Waals surface area (Å²) in [5, 5.41) is 6.29. The van der Waals surface area contributed by atoms with Crippen LogP contribution in [0.3, 0.4) is 0 Å². The second kappa shape index (κ2) is 8.68. The quantitative estimate of drug-likeness (QED) is 0.771. The highest BCUT2D eigenvalue weighted by atomic mass is 16.5. The van der Waals surface area contributed by atoms with E-state index in [-0.39, 0.29) is 12.1 Å². The molecule has 158 valence electrons. The van der Waals surface area contributed by atoms with Gasteiger partial charge in [-0.2, -0.15) is 0 Å². The Bertz CT molecular complexity index is 871. The lowest BCUT2D eigenvalue weighted by atomic mass is 9.96. The third-order valence-electron chi connectivity index (χ3n) is 6.88. The molecule has 2 saturated heterocycles. The van der Waals surface area contributed by atoms with Crippen LogP contribution < -0.4 is 15.4 Å². The van der Waals surface area contributed by atoms with Crippen molar-refractivity contribution in [2.75, 3.05) is 13.2 Å². The number of nitrogens with zero attached hydrogens (tertiary/aromatic N) is 1. The number of urea groups is 1. The van der Waals surface area contributed by atoms with Gasteiger partial charge in [-0.25, -0.2) is 4.79 Å². The van der Waals surface area contributed by atoms with Gasteiger partial charge in [0, 0.05) is 37.6 Å². The molecule has 5 rings (SSSR count). The number of amides is 2. The number of carbonyl (C=O) groups excluding carboxylic acids is 1. The first-order valence-electron chi connectivity index (χ1n) is 11.3. The van der Waals surface area contributed by atoms with Gasteiger partial charge in [0.2, 0.25) is 0 Å². The highest BCUT2D eigenvalue weighted by molar-refractivity contribution is 5.74. The minimum absolute atomic E-state index is 0.0274. The minimum Gasteiger partial charge on any atom is -0.493 e. The number of fused-ring (bicyclic) bond motifs is 3. The zero-order valence-electron chi connectivity index (χ0n) is 17.5. The van der Waals surface area contributed by atoms with Crippen LogP contribution >= 0.6 is 0 Å². The van der Waals surface area contributed by atoms with Crippen molar-refractivity contribution in [3.05, 3.63) is 65.2 Å². The summed E-state index contributed by atoms with van der Waals surface area (Å²) in [6, 6.07) is 18.5. The van der Waals surface area contributed by atoms with E-state index in [0.29, 0.717) is 18.6 Å². The fraction of sp³-hybridized carbons (Fsp3) is 0.480. The Morgan fingerprint density at radius 1 is 1.03 bits per heavy atom. The molecule has 0 spiro atoms. The van der Waals surface area contributed by atoms with Crippen LogP contribution in [0.2, 0.25) is 0 Å². The van der Waals surface area contributed by atoms with Crippen LogP contribution in [-0.2, 0) is 19.4 Å². The van der Waals surface area contributed by atoms with Gasteiger partial charge in [-0.1, -0.05) is 42.5 Å². The molecule has 0 aliphatic carbocycles. The number of hydrogen-bond donors (Lipinski definition) is 2. The lowest BCUT2D eigenvalue weighted by Gasteiger charge is -2.39. The molecule has 2 fully saturated rings. The summed E-state index contributed by atoms with van der Waals surface area (Å²) in [5.74, 6) is 1.01. The molecule has 2 aromatic carbocycles. The molecule has 2 amide bonds. The summed E-state index contributed by atoms with van der Waals surface area (Å²) in [6.07, 6.45) is 6.45. The van der Waals surface area contributed by atoms with E-state index in [1.807, 2.05) is 0 Å². The van der Waals surface area contributed by atoms with E-state index in [1.165, 1.54) is 29.5 Å². The molecular weight excluding hydrogens is 374 g/mol. The first-order chi connectivity index (χ1) is 14.7. The van der Waals surface area contributed by atoms with Crippen molar-refractivity contribution >= 4 is 6.03 Å². The first kappa shape index (κ1) is 19.4. The van der Waals surface area contributed by atoms with Gasteiger partial charge in [0.25, 0.3) is 0 Å². The normalized spacial score (nSPS) is 24.9. The molecule has 2 N–H and O–H groups in total. The van der Waals surface area contributed by atoms with Crippen molar-refractivity contribution in [3.8, 4) is 5.75 Å². The van der Waals surface area contributed by atoms with E-state index >= 15 is 0 Å². The van der Waals surface area contributed by atoms with E-state index in [9.17, 15) is 4.79 Å². The van der Waals surface area contributed by atoms with Crippen LogP contribution in [0.15, 0.2) is 48.5 Å². The number of ether oxygens (including phenoxy) is 1. The van der Waals surface area contributed by atoms with Gasteiger partial charge in [0.05, 0.1) is 6.61 Å². The summed E-state index contributed by atoms with van der Waals surface area (Å²) in [4.78, 5) is 15.1. The maximum absolute atomic E-state index is 12.4. The molecule has 2 bridgehead atoms. The van der Waals surface area contributed by atoms with Gasteiger partial charge in [0.15, 0.2) is 0 Å². The number of rotatable bonds is 6. The molecule has 0 saturated carbocycles. The van der Waals surface area contributed by atoms with Crippen LogP contribution in [0.4, 0.5) is 4.79 Å². The average molecular weight is 406 g/mol. The van der Waals surface area contributed by atoms with Gasteiger partial charge in [-0.05, 0) is 54.9 Å². The Hall–Kier alpha value is -2.53. The van der Waals surface area contributed by atoms with E-state index in [2.05, 4.69) is 64.1 Å². The van der Waals surface area contributed by atoms with Crippen molar-refractivity contribution in [2.24, 2.45) is 0 Å². The largest absolute Gasteiger partial charge is 0.493 e. The molecule has 2 unspecified atom stereocenters. The molecule has 5 nitrogen and oxygen atoms in total. The predicted octanol–water partition coefficient (Wildman–Crippen LogP) is 3.66. The van der Waals surface area contributed by atoms with Crippen molar-refractivity contribution < 1.29 is 9.53 Å². The van der Waals surface area contributed by atoms with Crippen LogP contribution in [0.1, 0.15) is 42.4 Å². The third kappa shape index (κ3) is 4.31. The van der Waals surface area contributed by atoms with Gasteiger partial charge in [0.1, 0.15) is 5.75 Å². The van der Waals surface area contributed by atoms with Gasteiger partial charge >= 0.3 is 6.03 Å². The lowest BCUT2D eigenvalue weighted by molar-refractivity contribution is 0.111. The lowest BCUT2D eigenvalue weighted by Crippen LogP contribution is -2.52. The Kier molecular flexibility index (Phi) is 5.63. The molecule has 3 heterocycles. The third-order valence-corrected chi connectivity index (χ3v) is 6.88. The van der Waals surface area contributed by atoms with Crippen molar-refractivity contribution in [2.45, 2.75) is 63.2 Å². The fourth-order valence-electron chi connectivity index (χ4n) is 5.40. The van der Waals surface area contributed by atoms with Crippen molar-refractivity contribution in [3.63, 3.8) is 0 Å². The van der Waals surface area contributed by atoms with Gasteiger partial charge in [-0.15, -0.1) is 0 Å². The van der Waals surface area contributed by atoms with Crippen LogP contribution in [0.5, 0.6) is 5.75 Å². The van der Waals surface area contributed by atoms with Gasteiger partial charge < -0.3 is 15.4 Å². The number of nitrogens with one attached hydrogen (secondary N) is 2. The number of carbonyl (C=O) groups is 1. The first-order valence-corrected chi connectivity index (χ1v) is 11.3. The summed E-state index contributed by atoms with van der Waals surface area (Å²) in [6.45, 7) is 2.47. The summed E-state index contributed by atoms with van der Waals surface area (Å²) < 4.78 is 5.56. The summed E-state index contributed by atoms with van der Waals surface area (Å²) in [7, 11) is 0. The van der Waals surface area contributed by atoms with Crippen LogP contribution in [-0.4, -0.2) is 42.2 Å². The van der Waals surface area contributed by atoms with Gasteiger partial charge in [-0.3, -0.25) is 4.90 Å². The zero-order chi connectivity index (χ0) is 20.3. The predicted molar refractivity (Wildman–Crippen MR) is 118 cm³/mol. The van der Waals surface area contributed by atoms with Crippen molar-refractivity contribution in [1.29, 1.82) is 0 Å². The fourth-order valence-corrected chi connectivity index (χ4v) is 5.40. The van der Waals surface area contributed by atoms with E-state index in [1.54, 1.807) is 0 Å². The summed E-state index contributed by atoms with van der Waals surface area (Å²) in [5.41, 5.74) is 3.93. The standard InChI is InChI=1S/C25H31N3O2/c29-25(26-12-10-18-6-9-24-20(14-18)11-13-30-24)27-21-15-22-7-8-23(16-21)28(22)17-19-4-2-1-3-5-19/h1-6,9,14,21-23H,7-8,10-13,15-17H2,(H2,26,27,29). The number of benzene rings is 2.